The number of rotatable bonds is 1. The minimum atomic E-state index is 0.323. The molecule has 4 heteroatoms. The van der Waals surface area contributed by atoms with Gasteiger partial charge in [-0.3, -0.25) is 4.90 Å². The molecule has 2 aromatic heterocycles. The van der Waals surface area contributed by atoms with Crippen molar-refractivity contribution in [3.63, 3.8) is 0 Å². The predicted molar refractivity (Wildman–Crippen MR) is 72.5 cm³/mol. The zero-order valence-corrected chi connectivity index (χ0v) is 11.0. The summed E-state index contributed by atoms with van der Waals surface area (Å²) in [5.74, 6) is 0. The van der Waals surface area contributed by atoms with Gasteiger partial charge in [-0.15, -0.1) is 0 Å². The number of nitrogens with two attached hydrogens (primary N) is 1. The second-order valence-electron chi connectivity index (χ2n) is 5.40. The van der Waals surface area contributed by atoms with Gasteiger partial charge in [-0.25, -0.2) is 4.98 Å². The first-order valence-corrected chi connectivity index (χ1v) is 6.54. The summed E-state index contributed by atoms with van der Waals surface area (Å²) in [6, 6.07) is 5.20. The molecule has 0 aromatic carbocycles. The maximum absolute atomic E-state index is 6.00. The molecule has 0 bridgehead atoms. The molecule has 0 amide bonds. The second-order valence-corrected chi connectivity index (χ2v) is 5.40. The van der Waals surface area contributed by atoms with Crippen molar-refractivity contribution in [2.75, 3.05) is 13.6 Å². The molecule has 4 nitrogen and oxygen atoms in total. The van der Waals surface area contributed by atoms with E-state index in [4.69, 9.17) is 5.73 Å². The van der Waals surface area contributed by atoms with Crippen molar-refractivity contribution in [2.24, 2.45) is 5.73 Å². The summed E-state index contributed by atoms with van der Waals surface area (Å²) in [7, 11) is 2.16. The van der Waals surface area contributed by atoms with Gasteiger partial charge in [0.2, 0.25) is 0 Å². The Kier molecular flexibility index (Phi) is 2.84. The average Bonchev–Trinajstić information content (AvgIpc) is 2.68. The molecule has 0 radical (unpaired) electrons. The fourth-order valence-electron chi connectivity index (χ4n) is 2.93. The van der Waals surface area contributed by atoms with Gasteiger partial charge in [-0.2, -0.15) is 0 Å². The van der Waals surface area contributed by atoms with Crippen molar-refractivity contribution in [2.45, 2.75) is 31.8 Å². The van der Waals surface area contributed by atoms with E-state index in [0.717, 1.165) is 30.7 Å². The molecule has 18 heavy (non-hydrogen) atoms. The molecule has 2 N–H and O–H groups in total. The summed E-state index contributed by atoms with van der Waals surface area (Å²) >= 11 is 0. The van der Waals surface area contributed by atoms with Crippen molar-refractivity contribution >= 4 is 5.65 Å². The van der Waals surface area contributed by atoms with Crippen LogP contribution in [-0.4, -0.2) is 33.9 Å². The highest BCUT2D eigenvalue weighted by molar-refractivity contribution is 5.43. The highest BCUT2D eigenvalue weighted by Gasteiger charge is 2.24. The lowest BCUT2D eigenvalue weighted by Crippen LogP contribution is -2.42. The van der Waals surface area contributed by atoms with Crippen LogP contribution in [0.4, 0.5) is 0 Å². The fraction of sp³-hybridized carbons (Fsp3) is 0.500. The predicted octanol–water partition coefficient (Wildman–Crippen LogP) is 1.74. The molecule has 0 spiro atoms. The number of imidazole rings is 1. The zero-order chi connectivity index (χ0) is 12.7. The van der Waals surface area contributed by atoms with E-state index in [1.807, 2.05) is 6.92 Å². The first kappa shape index (κ1) is 11.7. The maximum atomic E-state index is 6.00. The number of fused-ring (bicyclic) bond motifs is 1. The molecule has 2 atom stereocenters. The van der Waals surface area contributed by atoms with Crippen molar-refractivity contribution in [1.82, 2.24) is 14.3 Å². The molecule has 1 aliphatic heterocycles. The lowest BCUT2D eigenvalue weighted by atomic mass is 9.94. The third-order valence-electron chi connectivity index (χ3n) is 3.85. The molecular formula is C14H20N4. The summed E-state index contributed by atoms with van der Waals surface area (Å²) in [6.07, 6.45) is 6.40. The summed E-state index contributed by atoms with van der Waals surface area (Å²) in [6.45, 7) is 3.00. The molecule has 0 aliphatic carbocycles. The molecule has 2 unspecified atom stereocenters. The van der Waals surface area contributed by atoms with Gasteiger partial charge in [0.1, 0.15) is 5.65 Å². The Labute approximate surface area is 107 Å². The topological polar surface area (TPSA) is 46.6 Å². The van der Waals surface area contributed by atoms with Crippen LogP contribution in [0.25, 0.3) is 5.65 Å². The van der Waals surface area contributed by atoms with Gasteiger partial charge in [0.05, 0.1) is 5.69 Å². The van der Waals surface area contributed by atoms with E-state index in [0.29, 0.717) is 12.1 Å². The first-order valence-electron chi connectivity index (χ1n) is 6.54. The monoisotopic (exact) mass is 244 g/mol. The van der Waals surface area contributed by atoms with Crippen molar-refractivity contribution < 1.29 is 0 Å². The first-order chi connectivity index (χ1) is 8.63. The van der Waals surface area contributed by atoms with Gasteiger partial charge < -0.3 is 10.1 Å². The summed E-state index contributed by atoms with van der Waals surface area (Å²) in [5, 5.41) is 0. The average molecular weight is 244 g/mol. The summed E-state index contributed by atoms with van der Waals surface area (Å²) < 4.78 is 2.08. The number of nitrogens with zero attached hydrogens (tertiary/aromatic N) is 3. The lowest BCUT2D eigenvalue weighted by Gasteiger charge is -2.36. The Morgan fingerprint density at radius 2 is 2.22 bits per heavy atom. The van der Waals surface area contributed by atoms with Crippen LogP contribution in [0.15, 0.2) is 24.5 Å². The van der Waals surface area contributed by atoms with E-state index in [9.17, 15) is 0 Å². The largest absolute Gasteiger partial charge is 0.327 e. The smallest absolute Gasteiger partial charge is 0.137 e. The van der Waals surface area contributed by atoms with E-state index in [1.165, 1.54) is 5.56 Å². The number of pyridine rings is 1. The molecule has 1 aliphatic rings. The van der Waals surface area contributed by atoms with Crippen LogP contribution in [0.2, 0.25) is 0 Å². The van der Waals surface area contributed by atoms with Crippen molar-refractivity contribution in [3.05, 3.63) is 35.8 Å². The maximum Gasteiger partial charge on any atom is 0.137 e. The van der Waals surface area contributed by atoms with E-state index >= 15 is 0 Å². The molecule has 0 saturated carbocycles. The Balaban J connectivity index is 1.93. The van der Waals surface area contributed by atoms with Gasteiger partial charge in [-0.1, -0.05) is 0 Å². The van der Waals surface area contributed by atoms with Crippen LogP contribution in [-0.2, 0) is 0 Å². The van der Waals surface area contributed by atoms with Crippen molar-refractivity contribution in [1.29, 1.82) is 0 Å². The van der Waals surface area contributed by atoms with E-state index in [1.54, 1.807) is 0 Å². The van der Waals surface area contributed by atoms with Gasteiger partial charge in [0, 0.05) is 31.0 Å². The minimum absolute atomic E-state index is 0.323. The Morgan fingerprint density at radius 3 is 3.00 bits per heavy atom. The molecule has 1 saturated heterocycles. The standard InChI is InChI=1S/C14H20N4/c1-10-8-18-6-5-11(7-14(18)16-10)13-4-3-12(15)9-17(13)2/h5-8,12-13H,3-4,9,15H2,1-2H3. The Morgan fingerprint density at radius 1 is 1.39 bits per heavy atom. The normalized spacial score (nSPS) is 25.7. The molecule has 96 valence electrons. The second kappa shape index (κ2) is 4.37. The lowest BCUT2D eigenvalue weighted by molar-refractivity contribution is 0.170. The summed E-state index contributed by atoms with van der Waals surface area (Å²) in [4.78, 5) is 6.89. The van der Waals surface area contributed by atoms with Gasteiger partial charge in [0.25, 0.3) is 0 Å². The Bertz CT molecular complexity index is 560. The zero-order valence-electron chi connectivity index (χ0n) is 11.0. The quantitative estimate of drug-likeness (QED) is 0.831. The highest BCUT2D eigenvalue weighted by atomic mass is 15.2. The van der Waals surface area contributed by atoms with Crippen LogP contribution < -0.4 is 5.73 Å². The molecule has 3 heterocycles. The number of hydrogen-bond donors (Lipinski definition) is 1. The van der Waals surface area contributed by atoms with E-state index < -0.39 is 0 Å². The fourth-order valence-corrected chi connectivity index (χ4v) is 2.93. The SMILES string of the molecule is Cc1cn2ccc(C3CCC(N)CN3C)cc2n1. The van der Waals surface area contributed by atoms with Crippen LogP contribution in [0, 0.1) is 6.92 Å². The molecule has 1 fully saturated rings. The number of aromatic nitrogens is 2. The number of likely N-dealkylation sites (N-methyl/N-ethyl adjacent to an activating group) is 1. The van der Waals surface area contributed by atoms with Crippen molar-refractivity contribution in [3.8, 4) is 0 Å². The highest BCUT2D eigenvalue weighted by Crippen LogP contribution is 2.29. The number of aryl methyl sites for hydroxylation is 1. The number of hydrogen-bond acceptors (Lipinski definition) is 3. The van der Waals surface area contributed by atoms with Gasteiger partial charge in [-0.05, 0) is 44.5 Å². The molecule has 2 aromatic rings. The van der Waals surface area contributed by atoms with Gasteiger partial charge >= 0.3 is 0 Å². The molecule has 3 rings (SSSR count). The van der Waals surface area contributed by atoms with Crippen LogP contribution >= 0.6 is 0 Å². The Hall–Kier alpha value is -1.39. The number of piperidine rings is 1. The van der Waals surface area contributed by atoms with Gasteiger partial charge in [0.15, 0.2) is 0 Å². The van der Waals surface area contributed by atoms with Crippen LogP contribution in [0.3, 0.4) is 0 Å². The third kappa shape index (κ3) is 2.02. The molecular weight excluding hydrogens is 224 g/mol. The minimum Gasteiger partial charge on any atom is -0.327 e. The van der Waals surface area contributed by atoms with Crippen LogP contribution in [0.5, 0.6) is 0 Å². The van der Waals surface area contributed by atoms with E-state index in [-0.39, 0.29) is 0 Å². The van der Waals surface area contributed by atoms with E-state index in [2.05, 4.69) is 45.9 Å². The third-order valence-corrected chi connectivity index (χ3v) is 3.85. The summed E-state index contributed by atoms with van der Waals surface area (Å²) in [5.41, 5.74) is 9.45. The van der Waals surface area contributed by atoms with Crippen LogP contribution in [0.1, 0.15) is 30.1 Å². The number of likely N-dealkylation sites (tertiary alicyclic amines) is 1.